The molecule has 5 rings (SSSR count). The van der Waals surface area contributed by atoms with Crippen LogP contribution in [0.15, 0.2) is 48.7 Å². The first-order valence-corrected chi connectivity index (χ1v) is 14.7. The fourth-order valence-electron chi connectivity index (χ4n) is 5.24. The van der Waals surface area contributed by atoms with Crippen molar-refractivity contribution in [1.82, 2.24) is 15.3 Å². The molecule has 1 saturated carbocycles. The number of nitrogens with one attached hydrogen (secondary N) is 1. The summed E-state index contributed by atoms with van der Waals surface area (Å²) in [5, 5.41) is 14.7. The quantitative estimate of drug-likeness (QED) is 0.154. The van der Waals surface area contributed by atoms with Crippen LogP contribution >= 0.6 is 11.6 Å². The van der Waals surface area contributed by atoms with E-state index in [1.807, 2.05) is 0 Å². The van der Waals surface area contributed by atoms with Crippen LogP contribution in [0.4, 0.5) is 22.0 Å². The maximum atomic E-state index is 14.0. The Morgan fingerprint density at radius 1 is 1.15 bits per heavy atom. The van der Waals surface area contributed by atoms with Crippen LogP contribution in [0.5, 0.6) is 11.5 Å². The second-order valence-electron chi connectivity index (χ2n) is 11.1. The molecule has 47 heavy (non-hydrogen) atoms. The van der Waals surface area contributed by atoms with Crippen LogP contribution in [-0.2, 0) is 16.8 Å². The average molecular weight is 679 g/mol. The van der Waals surface area contributed by atoms with Gasteiger partial charge >= 0.3 is 6.61 Å². The molecule has 2 amide bonds. The normalized spacial score (nSPS) is 14.3. The summed E-state index contributed by atoms with van der Waals surface area (Å²) in [6.07, 6.45) is -0.892. The van der Waals surface area contributed by atoms with Crippen LogP contribution in [-0.4, -0.2) is 53.1 Å². The van der Waals surface area contributed by atoms with Gasteiger partial charge in [0.15, 0.2) is 5.75 Å². The Balaban J connectivity index is 1.56. The average Bonchev–Trinajstić information content (AvgIpc) is 3.85. The number of carbonyl (C=O) groups is 2. The number of rotatable bonds is 13. The van der Waals surface area contributed by atoms with Crippen molar-refractivity contribution in [2.45, 2.75) is 44.8 Å². The minimum atomic E-state index is -3.18. The van der Waals surface area contributed by atoms with Crippen LogP contribution < -0.4 is 20.5 Å². The van der Waals surface area contributed by atoms with Gasteiger partial charge in [0, 0.05) is 28.3 Å². The second-order valence-corrected chi connectivity index (χ2v) is 11.5. The molecule has 0 radical (unpaired) electrons. The Hall–Kier alpha value is -4.56. The number of carbonyl (C=O) groups excluding carboxylic acids is 2. The van der Waals surface area contributed by atoms with Crippen LogP contribution in [0, 0.1) is 18.7 Å². The number of aliphatic hydroxyl groups is 1. The number of ether oxygens (including phenoxy) is 2. The fourth-order valence-corrected chi connectivity index (χ4v) is 5.42. The van der Waals surface area contributed by atoms with Gasteiger partial charge in [-0.2, -0.15) is 8.78 Å². The lowest BCUT2D eigenvalue weighted by Crippen LogP contribution is -2.43. The van der Waals surface area contributed by atoms with E-state index in [1.165, 1.54) is 30.5 Å². The molecule has 0 unspecified atom stereocenters. The van der Waals surface area contributed by atoms with Crippen molar-refractivity contribution >= 4 is 34.3 Å². The van der Waals surface area contributed by atoms with E-state index in [2.05, 4.69) is 20.0 Å². The van der Waals surface area contributed by atoms with Crippen molar-refractivity contribution in [1.29, 1.82) is 0 Å². The highest BCUT2D eigenvalue weighted by Crippen LogP contribution is 2.47. The van der Waals surface area contributed by atoms with Gasteiger partial charge in [-0.25, -0.2) is 18.2 Å². The Morgan fingerprint density at radius 2 is 1.89 bits per heavy atom. The molecule has 2 aromatic carbocycles. The van der Waals surface area contributed by atoms with Gasteiger partial charge in [-0.3, -0.25) is 14.6 Å². The first-order chi connectivity index (χ1) is 22.2. The molecule has 0 spiro atoms. The Bertz CT molecular complexity index is 1840. The zero-order valence-corrected chi connectivity index (χ0v) is 25.5. The van der Waals surface area contributed by atoms with E-state index in [9.17, 15) is 36.6 Å². The number of aromatic nitrogens is 2. The van der Waals surface area contributed by atoms with Gasteiger partial charge in [0.25, 0.3) is 12.3 Å². The smallest absolute Gasteiger partial charge is 0.387 e. The third-order valence-electron chi connectivity index (χ3n) is 7.54. The number of alkyl halides is 4. The molecule has 4 N–H and O–H groups in total. The van der Waals surface area contributed by atoms with Crippen LogP contribution in [0.3, 0.4) is 0 Å². The summed E-state index contributed by atoms with van der Waals surface area (Å²) in [4.78, 5) is 34.1. The predicted molar refractivity (Wildman–Crippen MR) is 161 cm³/mol. The summed E-state index contributed by atoms with van der Waals surface area (Å²) < 4.78 is 76.8. The maximum Gasteiger partial charge on any atom is 0.387 e. The molecule has 1 aliphatic carbocycles. The molecule has 2 heterocycles. The van der Waals surface area contributed by atoms with Gasteiger partial charge in [0.2, 0.25) is 5.91 Å². The number of hydrogen-bond acceptors (Lipinski definition) is 7. The Morgan fingerprint density at radius 3 is 2.53 bits per heavy atom. The highest BCUT2D eigenvalue weighted by molar-refractivity contribution is 6.31. The van der Waals surface area contributed by atoms with E-state index in [1.54, 1.807) is 13.0 Å². The molecule has 0 aliphatic heterocycles. The number of aryl methyl sites for hydroxylation is 1. The lowest BCUT2D eigenvalue weighted by atomic mass is 9.90. The van der Waals surface area contributed by atoms with E-state index >= 15 is 0 Å². The van der Waals surface area contributed by atoms with Crippen molar-refractivity contribution in [2.75, 3.05) is 13.2 Å². The molecule has 4 aromatic rings. The third kappa shape index (κ3) is 7.71. The van der Waals surface area contributed by atoms with Gasteiger partial charge in [0.05, 0.1) is 23.7 Å². The summed E-state index contributed by atoms with van der Waals surface area (Å²) in [6.45, 7) is -2.95. The van der Waals surface area contributed by atoms with Crippen LogP contribution in [0.25, 0.3) is 22.2 Å². The first kappa shape index (κ1) is 33.8. The first-order valence-electron chi connectivity index (χ1n) is 14.3. The molecule has 9 nitrogen and oxygen atoms in total. The molecule has 1 aliphatic rings. The molecule has 0 bridgehead atoms. The van der Waals surface area contributed by atoms with E-state index in [-0.39, 0.29) is 50.1 Å². The van der Waals surface area contributed by atoms with Crippen LogP contribution in [0.1, 0.15) is 40.0 Å². The molecule has 2 aromatic heterocycles. The van der Waals surface area contributed by atoms with E-state index in [4.69, 9.17) is 22.1 Å². The predicted octanol–water partition coefficient (Wildman–Crippen LogP) is 5.70. The van der Waals surface area contributed by atoms with Crippen molar-refractivity contribution in [3.63, 3.8) is 0 Å². The number of halogens is 6. The van der Waals surface area contributed by atoms with Crippen molar-refractivity contribution < 1.29 is 46.1 Å². The van der Waals surface area contributed by atoms with Crippen LogP contribution in [0.2, 0.25) is 5.02 Å². The minimum Gasteiger partial charge on any atom is -0.485 e. The van der Waals surface area contributed by atoms with Gasteiger partial charge < -0.3 is 25.6 Å². The molecular formula is C32H28ClF5N4O5. The largest absolute Gasteiger partial charge is 0.485 e. The maximum absolute atomic E-state index is 14.0. The number of hydrogen-bond donors (Lipinski definition) is 3. The van der Waals surface area contributed by atoms with Crippen molar-refractivity contribution in [3.8, 4) is 22.8 Å². The monoisotopic (exact) mass is 678 g/mol. The molecular weight excluding hydrogens is 651 g/mol. The SMILES string of the molecule is Cc1cnc2c(OC(F)F)cc(C(=O)NC[C@](O)(c3cc(CC(N)=O)c(OCC(F)F)c(-c4ccc(F)c(Cl)c4)n3)C3CC3)cc2c1. The van der Waals surface area contributed by atoms with Gasteiger partial charge in [0.1, 0.15) is 35.0 Å². The van der Waals surface area contributed by atoms with Crippen molar-refractivity contribution in [2.24, 2.45) is 11.7 Å². The van der Waals surface area contributed by atoms with E-state index in [0.717, 1.165) is 12.1 Å². The molecule has 15 heteroatoms. The number of pyridine rings is 2. The summed E-state index contributed by atoms with van der Waals surface area (Å²) >= 11 is 6.00. The zero-order valence-electron chi connectivity index (χ0n) is 24.7. The lowest BCUT2D eigenvalue weighted by molar-refractivity contribution is -0.117. The molecule has 248 valence electrons. The highest BCUT2D eigenvalue weighted by atomic mass is 35.5. The second kappa shape index (κ2) is 13.7. The summed E-state index contributed by atoms with van der Waals surface area (Å²) in [5.74, 6) is -3.36. The van der Waals surface area contributed by atoms with E-state index < -0.39 is 61.8 Å². The molecule has 1 atom stereocenters. The number of primary amides is 1. The summed E-state index contributed by atoms with van der Waals surface area (Å²) in [6, 6.07) is 8.94. The zero-order chi connectivity index (χ0) is 34.0. The van der Waals surface area contributed by atoms with Gasteiger partial charge in [-0.15, -0.1) is 0 Å². The molecule has 1 fully saturated rings. The minimum absolute atomic E-state index is 0.00943. The van der Waals surface area contributed by atoms with Gasteiger partial charge in [-0.05, 0) is 73.7 Å². The number of nitrogens with zero attached hydrogens (tertiary/aromatic N) is 2. The number of fused-ring (bicyclic) bond motifs is 1. The third-order valence-corrected chi connectivity index (χ3v) is 7.83. The number of amides is 2. The molecule has 0 saturated heterocycles. The number of benzene rings is 2. The number of nitrogens with two attached hydrogens (primary N) is 1. The Kier molecular flexibility index (Phi) is 9.82. The highest BCUT2D eigenvalue weighted by Gasteiger charge is 2.47. The van der Waals surface area contributed by atoms with Crippen molar-refractivity contribution in [3.05, 3.63) is 81.9 Å². The van der Waals surface area contributed by atoms with Gasteiger partial charge in [-0.1, -0.05) is 11.6 Å². The standard InChI is InChI=1S/C32H28ClF5N4O5/c1-15-6-17-7-19(9-23(47-31(37)38)27(17)40-12-15)30(44)41-14-32(45,20-3-4-20)24-10-18(11-26(39)43)29(46-13-25(35)36)28(42-24)16-2-5-22(34)21(33)8-16/h2,5-10,12,20,25,31,45H,3-4,11,13-14H2,1H3,(H2,39,43)(H,41,44)/t32-/m1/s1. The topological polar surface area (TPSA) is 137 Å². The summed E-state index contributed by atoms with van der Waals surface area (Å²) in [5.41, 5.74) is 4.30. The Labute approximate surface area is 269 Å². The summed E-state index contributed by atoms with van der Waals surface area (Å²) in [7, 11) is 0. The fraction of sp³-hybridized carbons (Fsp3) is 0.312. The van der Waals surface area contributed by atoms with E-state index in [0.29, 0.717) is 23.8 Å². The lowest BCUT2D eigenvalue weighted by Gasteiger charge is -2.30.